The van der Waals surface area contributed by atoms with Gasteiger partial charge in [-0.05, 0) is 67.0 Å². The third-order valence-corrected chi connectivity index (χ3v) is 10.3. The summed E-state index contributed by atoms with van der Waals surface area (Å²) in [6, 6.07) is 7.85. The average Bonchev–Trinajstić information content (AvgIpc) is 3.36. The van der Waals surface area contributed by atoms with Gasteiger partial charge in [0.1, 0.15) is 11.7 Å². The number of alkyl halides is 3. The zero-order valence-electron chi connectivity index (χ0n) is 27.6. The first kappa shape index (κ1) is 33.8. The molecule has 5 atom stereocenters. The summed E-state index contributed by atoms with van der Waals surface area (Å²) in [5.41, 5.74) is -0.517. The smallest absolute Gasteiger partial charge is 0.416 e. The van der Waals surface area contributed by atoms with Gasteiger partial charge in [0.25, 0.3) is 0 Å². The van der Waals surface area contributed by atoms with Gasteiger partial charge in [0.15, 0.2) is 11.5 Å². The number of benzene rings is 2. The van der Waals surface area contributed by atoms with Crippen LogP contribution in [-0.2, 0) is 37.1 Å². The molecule has 1 amide bonds. The molecule has 2 heterocycles. The molecule has 2 aliphatic carbocycles. The molecular weight excluding hydrogens is 625 g/mol. The van der Waals surface area contributed by atoms with Crippen LogP contribution in [0.25, 0.3) is 6.08 Å². The largest absolute Gasteiger partial charge is 0.483 e. The van der Waals surface area contributed by atoms with Crippen molar-refractivity contribution in [2.45, 2.75) is 88.8 Å². The minimum atomic E-state index is -4.51. The summed E-state index contributed by atoms with van der Waals surface area (Å²) in [6.07, 6.45) is 1.43. The van der Waals surface area contributed by atoms with Crippen LogP contribution in [0.4, 0.5) is 13.2 Å². The Balaban J connectivity index is 1.47. The standard InChI is InChI=1S/C37H41F3N2O6/c1-6-17-41-18-16-35-32-26-11-12-29(46-23(4)43)33(32)47-34(35)28(14-15-36(35,30(41)20-26)48-24(5)44)42(21-22(2)3)31(45)13-10-25-8-7-9-27(19-25)37(38,39)40/h6-13,19,22,28,30,34H,1,14-18,20-21H2,2-5H3/t28-,30+,34-,35-,36+/m0/s1. The van der Waals surface area contributed by atoms with Crippen molar-refractivity contribution in [3.63, 3.8) is 0 Å². The molecule has 0 N–H and O–H groups in total. The van der Waals surface area contributed by atoms with Crippen molar-refractivity contribution >= 4 is 23.9 Å². The van der Waals surface area contributed by atoms with Crippen LogP contribution in [0.1, 0.15) is 69.2 Å². The molecule has 4 aliphatic rings. The van der Waals surface area contributed by atoms with Gasteiger partial charge < -0.3 is 19.1 Å². The van der Waals surface area contributed by atoms with Gasteiger partial charge in [0, 0.05) is 45.1 Å². The van der Waals surface area contributed by atoms with Crippen molar-refractivity contribution in [2.75, 3.05) is 19.6 Å². The summed E-state index contributed by atoms with van der Waals surface area (Å²) >= 11 is 0. The van der Waals surface area contributed by atoms with E-state index in [4.69, 9.17) is 14.2 Å². The number of ether oxygens (including phenoxy) is 3. The number of halogens is 3. The van der Waals surface area contributed by atoms with Gasteiger partial charge >= 0.3 is 18.1 Å². The lowest BCUT2D eigenvalue weighted by molar-refractivity contribution is -0.223. The zero-order chi connectivity index (χ0) is 34.6. The van der Waals surface area contributed by atoms with Gasteiger partial charge in [0.2, 0.25) is 5.91 Å². The fourth-order valence-corrected chi connectivity index (χ4v) is 8.83. The summed E-state index contributed by atoms with van der Waals surface area (Å²) < 4.78 is 59.2. The number of hydrogen-bond acceptors (Lipinski definition) is 7. The molecule has 2 aromatic carbocycles. The number of hydrogen-bond donors (Lipinski definition) is 0. The number of carbonyl (C=O) groups excluding carboxylic acids is 3. The fourth-order valence-electron chi connectivity index (χ4n) is 8.83. The Morgan fingerprint density at radius 2 is 1.92 bits per heavy atom. The Bertz CT molecular complexity index is 1670. The molecule has 2 aromatic rings. The molecule has 48 heavy (non-hydrogen) atoms. The van der Waals surface area contributed by atoms with Crippen LogP contribution >= 0.6 is 0 Å². The highest BCUT2D eigenvalue weighted by Gasteiger charge is 2.75. The maximum atomic E-state index is 14.1. The maximum absolute atomic E-state index is 14.1. The summed E-state index contributed by atoms with van der Waals surface area (Å²) in [5.74, 6) is -0.515. The molecule has 256 valence electrons. The van der Waals surface area contributed by atoms with E-state index in [1.54, 1.807) is 11.0 Å². The second-order valence-electron chi connectivity index (χ2n) is 13.7. The van der Waals surface area contributed by atoms with E-state index in [0.29, 0.717) is 51.1 Å². The lowest BCUT2D eigenvalue weighted by atomic mass is 9.48. The molecular formula is C37H41F3N2O6. The molecule has 1 spiro atoms. The molecule has 2 bridgehead atoms. The van der Waals surface area contributed by atoms with Gasteiger partial charge in [-0.2, -0.15) is 13.2 Å². The quantitative estimate of drug-likeness (QED) is 0.138. The highest BCUT2D eigenvalue weighted by atomic mass is 19.4. The van der Waals surface area contributed by atoms with E-state index in [9.17, 15) is 27.6 Å². The third-order valence-electron chi connectivity index (χ3n) is 10.3. The average molecular weight is 667 g/mol. The highest BCUT2D eigenvalue weighted by molar-refractivity contribution is 5.92. The second kappa shape index (κ2) is 12.4. The first-order valence-corrected chi connectivity index (χ1v) is 16.4. The number of nitrogens with zero attached hydrogens (tertiary/aromatic N) is 2. The minimum Gasteiger partial charge on any atom is -0.483 e. The van der Waals surface area contributed by atoms with Gasteiger partial charge in [-0.1, -0.05) is 38.1 Å². The predicted octanol–water partition coefficient (Wildman–Crippen LogP) is 6.11. The topological polar surface area (TPSA) is 85.4 Å². The first-order valence-electron chi connectivity index (χ1n) is 16.4. The normalized spacial score (nSPS) is 27.3. The lowest BCUT2D eigenvalue weighted by Crippen LogP contribution is -2.79. The molecule has 0 unspecified atom stereocenters. The second-order valence-corrected chi connectivity index (χ2v) is 13.7. The molecule has 2 fully saturated rings. The van der Waals surface area contributed by atoms with E-state index >= 15 is 0 Å². The number of likely N-dealkylation sites (tertiary alicyclic amines) is 1. The van der Waals surface area contributed by atoms with E-state index in [1.807, 2.05) is 26.0 Å². The Hall–Kier alpha value is -4.12. The van der Waals surface area contributed by atoms with Crippen LogP contribution in [0.3, 0.4) is 0 Å². The van der Waals surface area contributed by atoms with Crippen LogP contribution in [0.5, 0.6) is 11.5 Å². The molecule has 0 aromatic heterocycles. The Morgan fingerprint density at radius 3 is 2.58 bits per heavy atom. The highest BCUT2D eigenvalue weighted by Crippen LogP contribution is 2.67. The van der Waals surface area contributed by atoms with Crippen LogP contribution in [0.2, 0.25) is 0 Å². The summed E-state index contributed by atoms with van der Waals surface area (Å²) in [5, 5.41) is 0. The van der Waals surface area contributed by atoms with Crippen molar-refractivity contribution in [3.8, 4) is 11.5 Å². The molecule has 1 saturated heterocycles. The van der Waals surface area contributed by atoms with Crippen LogP contribution < -0.4 is 9.47 Å². The predicted molar refractivity (Wildman–Crippen MR) is 172 cm³/mol. The van der Waals surface area contributed by atoms with E-state index in [0.717, 1.165) is 23.3 Å². The molecule has 8 nitrogen and oxygen atoms in total. The number of piperidine rings is 1. The van der Waals surface area contributed by atoms with Gasteiger partial charge in [-0.15, -0.1) is 6.58 Å². The van der Waals surface area contributed by atoms with Gasteiger partial charge in [0.05, 0.1) is 23.1 Å². The minimum absolute atomic E-state index is 0.0538. The lowest BCUT2D eigenvalue weighted by Gasteiger charge is -2.65. The molecule has 11 heteroatoms. The molecule has 1 saturated carbocycles. The van der Waals surface area contributed by atoms with Crippen molar-refractivity contribution in [3.05, 3.63) is 77.4 Å². The number of amides is 1. The van der Waals surface area contributed by atoms with E-state index in [2.05, 4.69) is 11.5 Å². The van der Waals surface area contributed by atoms with E-state index in [1.165, 1.54) is 38.1 Å². The summed E-state index contributed by atoms with van der Waals surface area (Å²) in [7, 11) is 0. The van der Waals surface area contributed by atoms with Crippen molar-refractivity contribution in [1.82, 2.24) is 9.80 Å². The number of esters is 2. The van der Waals surface area contributed by atoms with Crippen molar-refractivity contribution < 1.29 is 41.8 Å². The molecule has 0 radical (unpaired) electrons. The fraction of sp³-hybridized carbons (Fsp3) is 0.486. The zero-order valence-corrected chi connectivity index (χ0v) is 27.6. The third kappa shape index (κ3) is 5.49. The van der Waals surface area contributed by atoms with Gasteiger partial charge in [-0.3, -0.25) is 19.3 Å². The molecule has 6 rings (SSSR count). The van der Waals surface area contributed by atoms with Crippen LogP contribution in [0.15, 0.2) is 55.1 Å². The maximum Gasteiger partial charge on any atom is 0.416 e. The SMILES string of the molecule is C=CCN1CC[C@]23c4c5ccc(OC(C)=O)c4O[C@H]2[C@@H](N(CC(C)C)C(=O)C=Cc2cccc(C(F)(F)F)c2)CC[C@@]3(OC(C)=O)[C@H]1C5. The number of rotatable bonds is 9. The summed E-state index contributed by atoms with van der Waals surface area (Å²) in [4.78, 5) is 43.3. The van der Waals surface area contributed by atoms with E-state index < -0.39 is 46.8 Å². The van der Waals surface area contributed by atoms with E-state index in [-0.39, 0.29) is 29.2 Å². The first-order chi connectivity index (χ1) is 22.7. The Kier molecular flexibility index (Phi) is 8.72. The Morgan fingerprint density at radius 1 is 1.15 bits per heavy atom. The van der Waals surface area contributed by atoms with Crippen LogP contribution in [0, 0.1) is 5.92 Å². The summed E-state index contributed by atoms with van der Waals surface area (Å²) in [6.45, 7) is 12.3. The van der Waals surface area contributed by atoms with Gasteiger partial charge in [-0.25, -0.2) is 0 Å². The molecule has 2 aliphatic heterocycles. The monoisotopic (exact) mass is 666 g/mol. The van der Waals surface area contributed by atoms with Crippen molar-refractivity contribution in [2.24, 2.45) is 5.92 Å². The Labute approximate surface area is 278 Å². The van der Waals surface area contributed by atoms with Crippen LogP contribution in [-0.4, -0.2) is 71.1 Å². The van der Waals surface area contributed by atoms with Crippen molar-refractivity contribution in [1.29, 1.82) is 0 Å². The number of carbonyl (C=O) groups is 3.